The maximum Gasteiger partial charge on any atom is 0.308 e. The van der Waals surface area contributed by atoms with Gasteiger partial charge >= 0.3 is 4.87 Å². The van der Waals surface area contributed by atoms with Crippen LogP contribution in [0.2, 0.25) is 0 Å². The van der Waals surface area contributed by atoms with Gasteiger partial charge in [0.2, 0.25) is 15.9 Å². The molecule has 0 spiro atoms. The van der Waals surface area contributed by atoms with E-state index < -0.39 is 15.9 Å². The highest BCUT2D eigenvalue weighted by atomic mass is 32.2. The fourth-order valence-corrected chi connectivity index (χ4v) is 6.91. The number of rotatable bonds is 8. The first-order chi connectivity index (χ1) is 15.9. The third-order valence-electron chi connectivity index (χ3n) is 6.11. The Morgan fingerprint density at radius 2 is 1.97 bits per heavy atom. The molecule has 4 rings (SSSR count). The van der Waals surface area contributed by atoms with Gasteiger partial charge in [-0.1, -0.05) is 41.7 Å². The van der Waals surface area contributed by atoms with Crippen LogP contribution in [0.25, 0.3) is 10.2 Å². The SMILES string of the molecule is CCn1c(=O)sc2cc(NC(=O)[C@H]3CCCN(S(=O)(=O)CCCc4ccccc4)C3)ccc21. The average molecular weight is 488 g/mol. The van der Waals surface area contributed by atoms with E-state index in [0.717, 1.165) is 27.1 Å². The van der Waals surface area contributed by atoms with E-state index in [-0.39, 0.29) is 23.1 Å². The van der Waals surface area contributed by atoms with Gasteiger partial charge in [-0.3, -0.25) is 14.2 Å². The van der Waals surface area contributed by atoms with Gasteiger partial charge in [-0.25, -0.2) is 12.7 Å². The molecule has 0 unspecified atom stereocenters. The van der Waals surface area contributed by atoms with Gasteiger partial charge in [0.1, 0.15) is 0 Å². The summed E-state index contributed by atoms with van der Waals surface area (Å²) in [7, 11) is -3.41. The first-order valence-electron chi connectivity index (χ1n) is 11.3. The molecule has 3 aromatic rings. The molecule has 9 heteroatoms. The molecular weight excluding hydrogens is 458 g/mol. The van der Waals surface area contributed by atoms with Crippen LogP contribution < -0.4 is 10.2 Å². The van der Waals surface area contributed by atoms with Gasteiger partial charge in [0.05, 0.1) is 21.9 Å². The minimum atomic E-state index is -3.41. The van der Waals surface area contributed by atoms with Gasteiger partial charge in [-0.2, -0.15) is 0 Å². The van der Waals surface area contributed by atoms with Crippen molar-refractivity contribution in [2.45, 2.75) is 39.2 Å². The van der Waals surface area contributed by atoms with Crippen molar-refractivity contribution < 1.29 is 13.2 Å². The fraction of sp³-hybridized carbons (Fsp3) is 0.417. The van der Waals surface area contributed by atoms with E-state index in [1.165, 1.54) is 4.31 Å². The van der Waals surface area contributed by atoms with E-state index in [1.807, 2.05) is 49.4 Å². The van der Waals surface area contributed by atoms with Gasteiger partial charge in [-0.15, -0.1) is 0 Å². The van der Waals surface area contributed by atoms with Crippen molar-refractivity contribution in [1.82, 2.24) is 8.87 Å². The molecule has 33 heavy (non-hydrogen) atoms. The number of amides is 1. The number of nitrogens with zero attached hydrogens (tertiary/aromatic N) is 2. The monoisotopic (exact) mass is 487 g/mol. The highest BCUT2D eigenvalue weighted by Gasteiger charge is 2.32. The van der Waals surface area contributed by atoms with Crippen LogP contribution in [-0.4, -0.2) is 42.0 Å². The number of fused-ring (bicyclic) bond motifs is 1. The Morgan fingerprint density at radius 3 is 2.73 bits per heavy atom. The Labute approximate surface area is 198 Å². The van der Waals surface area contributed by atoms with E-state index in [9.17, 15) is 18.0 Å². The number of aryl methyl sites for hydroxylation is 2. The highest BCUT2D eigenvalue weighted by Crippen LogP contribution is 2.25. The van der Waals surface area contributed by atoms with Crippen LogP contribution >= 0.6 is 11.3 Å². The molecule has 1 aliphatic rings. The van der Waals surface area contributed by atoms with E-state index in [2.05, 4.69) is 5.32 Å². The zero-order chi connectivity index (χ0) is 23.4. The quantitative estimate of drug-likeness (QED) is 0.525. The summed E-state index contributed by atoms with van der Waals surface area (Å²) < 4.78 is 29.8. The Kier molecular flexibility index (Phi) is 7.31. The second-order valence-electron chi connectivity index (χ2n) is 8.39. The van der Waals surface area contributed by atoms with Crippen LogP contribution in [0.4, 0.5) is 5.69 Å². The summed E-state index contributed by atoms with van der Waals surface area (Å²) in [5.41, 5.74) is 2.61. The van der Waals surface area contributed by atoms with Crippen LogP contribution in [0.3, 0.4) is 0 Å². The largest absolute Gasteiger partial charge is 0.326 e. The third-order valence-corrected chi connectivity index (χ3v) is 8.98. The zero-order valence-corrected chi connectivity index (χ0v) is 20.3. The molecule has 1 atom stereocenters. The molecule has 1 aromatic heterocycles. The first-order valence-corrected chi connectivity index (χ1v) is 13.8. The standard InChI is InChI=1S/C24H29N3O4S2/c1-2-27-21-13-12-20(16-22(21)32-24(27)29)25-23(28)19-11-6-14-26(17-19)33(30,31)15-7-10-18-8-4-3-5-9-18/h3-5,8-9,12-13,16,19H,2,6-7,10-11,14-15,17H2,1H3,(H,25,28)/t19-/m0/s1. The number of piperidine rings is 1. The normalized spacial score (nSPS) is 17.3. The number of aromatic nitrogens is 1. The summed E-state index contributed by atoms with van der Waals surface area (Å²) in [6, 6.07) is 15.3. The molecule has 0 aliphatic carbocycles. The third kappa shape index (κ3) is 5.54. The fourth-order valence-electron chi connectivity index (χ4n) is 4.33. The second-order valence-corrected chi connectivity index (χ2v) is 11.5. The molecule has 1 fully saturated rings. The predicted molar refractivity (Wildman–Crippen MR) is 133 cm³/mol. The highest BCUT2D eigenvalue weighted by molar-refractivity contribution is 7.89. The molecule has 0 saturated carbocycles. The number of hydrogen-bond acceptors (Lipinski definition) is 5. The lowest BCUT2D eigenvalue weighted by atomic mass is 9.98. The van der Waals surface area contributed by atoms with Gasteiger partial charge in [-0.05, 0) is 56.4 Å². The van der Waals surface area contributed by atoms with Crippen LogP contribution in [0.1, 0.15) is 31.7 Å². The molecule has 176 valence electrons. The molecule has 0 bridgehead atoms. The van der Waals surface area contributed by atoms with Gasteiger partial charge < -0.3 is 5.32 Å². The van der Waals surface area contributed by atoms with Crippen molar-refractivity contribution in [2.24, 2.45) is 5.92 Å². The summed E-state index contributed by atoms with van der Waals surface area (Å²) in [5, 5.41) is 2.92. The van der Waals surface area contributed by atoms with Crippen molar-refractivity contribution >= 4 is 43.2 Å². The lowest BCUT2D eigenvalue weighted by Gasteiger charge is -2.31. The van der Waals surface area contributed by atoms with Crippen molar-refractivity contribution in [3.63, 3.8) is 0 Å². The summed E-state index contributed by atoms with van der Waals surface area (Å²) >= 11 is 1.16. The molecule has 2 heterocycles. The molecule has 1 aliphatic heterocycles. The molecule has 0 radical (unpaired) electrons. The predicted octanol–water partition coefficient (Wildman–Crippen LogP) is 3.70. The number of nitrogens with one attached hydrogen (secondary N) is 1. The number of hydrogen-bond donors (Lipinski definition) is 1. The number of carbonyl (C=O) groups excluding carboxylic acids is 1. The minimum Gasteiger partial charge on any atom is -0.326 e. The van der Waals surface area contributed by atoms with Crippen molar-refractivity contribution in [3.8, 4) is 0 Å². The lowest BCUT2D eigenvalue weighted by molar-refractivity contribution is -0.120. The van der Waals surface area contributed by atoms with Crippen LogP contribution in [0.15, 0.2) is 53.3 Å². The minimum absolute atomic E-state index is 0.0173. The summed E-state index contributed by atoms with van der Waals surface area (Å²) in [6.45, 7) is 3.19. The van der Waals surface area contributed by atoms with Gasteiger partial charge in [0.15, 0.2) is 0 Å². The second kappa shape index (κ2) is 10.2. The first kappa shape index (κ1) is 23.7. The molecule has 1 amide bonds. The van der Waals surface area contributed by atoms with Gasteiger partial charge in [0.25, 0.3) is 0 Å². The number of anilines is 1. The topological polar surface area (TPSA) is 88.5 Å². The van der Waals surface area contributed by atoms with E-state index in [1.54, 1.807) is 10.6 Å². The summed E-state index contributed by atoms with van der Waals surface area (Å²) in [6.07, 6.45) is 2.59. The zero-order valence-electron chi connectivity index (χ0n) is 18.7. The van der Waals surface area contributed by atoms with E-state index in [0.29, 0.717) is 44.5 Å². The summed E-state index contributed by atoms with van der Waals surface area (Å²) in [5.74, 6) is -0.488. The van der Waals surface area contributed by atoms with Crippen LogP contribution in [0.5, 0.6) is 0 Å². The van der Waals surface area contributed by atoms with Crippen LogP contribution in [-0.2, 0) is 27.8 Å². The Hall–Kier alpha value is -2.49. The molecule has 7 nitrogen and oxygen atoms in total. The van der Waals surface area contributed by atoms with E-state index >= 15 is 0 Å². The van der Waals surface area contributed by atoms with Crippen molar-refractivity contribution in [1.29, 1.82) is 0 Å². The Bertz CT molecular complexity index is 1280. The van der Waals surface area contributed by atoms with Crippen molar-refractivity contribution in [3.05, 3.63) is 63.8 Å². The van der Waals surface area contributed by atoms with Crippen LogP contribution in [0, 0.1) is 5.92 Å². The summed E-state index contributed by atoms with van der Waals surface area (Å²) in [4.78, 5) is 25.0. The number of thiazole rings is 1. The average Bonchev–Trinajstić information content (AvgIpc) is 3.13. The smallest absolute Gasteiger partial charge is 0.308 e. The van der Waals surface area contributed by atoms with E-state index in [4.69, 9.17) is 0 Å². The molecule has 1 saturated heterocycles. The Balaban J connectivity index is 1.36. The Morgan fingerprint density at radius 1 is 1.18 bits per heavy atom. The molecule has 1 N–H and O–H groups in total. The molecule has 2 aromatic carbocycles. The van der Waals surface area contributed by atoms with Gasteiger partial charge in [0, 0.05) is 25.3 Å². The number of benzene rings is 2. The van der Waals surface area contributed by atoms with Crippen molar-refractivity contribution in [2.75, 3.05) is 24.2 Å². The molecular formula is C24H29N3O4S2. The lowest BCUT2D eigenvalue weighted by Crippen LogP contribution is -2.44. The maximum absolute atomic E-state index is 12.9. The number of carbonyl (C=O) groups is 1. The number of sulfonamides is 1. The maximum atomic E-state index is 12.9.